The average Bonchev–Trinajstić information content (AvgIpc) is 2.99. The summed E-state index contributed by atoms with van der Waals surface area (Å²) in [6.45, 7) is 0. The van der Waals surface area contributed by atoms with Gasteiger partial charge in [-0.3, -0.25) is 14.9 Å². The first-order valence-corrected chi connectivity index (χ1v) is 7.56. The van der Waals surface area contributed by atoms with Gasteiger partial charge >= 0.3 is 5.97 Å². The van der Waals surface area contributed by atoms with Gasteiger partial charge in [0.2, 0.25) is 5.91 Å². The van der Waals surface area contributed by atoms with Gasteiger partial charge in [0.25, 0.3) is 5.69 Å². The number of rotatable bonds is 5. The van der Waals surface area contributed by atoms with Crippen LogP contribution in [0.4, 0.5) is 11.4 Å². The van der Waals surface area contributed by atoms with Crippen LogP contribution in [0.2, 0.25) is 5.02 Å². The summed E-state index contributed by atoms with van der Waals surface area (Å²) in [5.41, 5.74) is -0.513. The number of nitro groups is 1. The molecule has 0 atom stereocenters. The fraction of sp³-hybridized carbons (Fsp3) is 0.143. The molecule has 0 spiro atoms. The Morgan fingerprint density at radius 1 is 1.43 bits per heavy atom. The maximum absolute atomic E-state index is 12.0. The van der Waals surface area contributed by atoms with Gasteiger partial charge in [-0.1, -0.05) is 17.7 Å². The number of ether oxygens (including phenoxy) is 1. The van der Waals surface area contributed by atoms with E-state index in [4.69, 9.17) is 11.6 Å². The minimum absolute atomic E-state index is 0.0639. The normalized spacial score (nSPS) is 10.2. The maximum atomic E-state index is 12.0. The van der Waals surface area contributed by atoms with Crippen LogP contribution in [0.1, 0.15) is 15.2 Å². The van der Waals surface area contributed by atoms with Gasteiger partial charge in [0.05, 0.1) is 29.7 Å². The summed E-state index contributed by atoms with van der Waals surface area (Å²) in [6, 6.07) is 5.76. The lowest BCUT2D eigenvalue weighted by atomic mass is 10.1. The van der Waals surface area contributed by atoms with E-state index in [1.165, 1.54) is 11.3 Å². The van der Waals surface area contributed by atoms with E-state index in [-0.39, 0.29) is 28.6 Å². The number of nitrogens with zero attached hydrogens (tertiary/aromatic N) is 1. The van der Waals surface area contributed by atoms with Crippen LogP contribution in [0.5, 0.6) is 0 Å². The molecule has 0 unspecified atom stereocenters. The number of carbonyl (C=O) groups excluding carboxylic acids is 2. The van der Waals surface area contributed by atoms with Gasteiger partial charge in [0, 0.05) is 10.9 Å². The van der Waals surface area contributed by atoms with Gasteiger partial charge in [-0.15, -0.1) is 11.3 Å². The van der Waals surface area contributed by atoms with Crippen LogP contribution >= 0.6 is 22.9 Å². The first-order valence-electron chi connectivity index (χ1n) is 6.31. The molecule has 1 amide bonds. The molecule has 0 saturated carbocycles. The Morgan fingerprint density at radius 2 is 2.17 bits per heavy atom. The smallest absolute Gasteiger partial charge is 0.340 e. The molecule has 0 aliphatic carbocycles. The number of benzene rings is 1. The Morgan fingerprint density at radius 3 is 2.74 bits per heavy atom. The topological polar surface area (TPSA) is 98.5 Å². The van der Waals surface area contributed by atoms with Gasteiger partial charge < -0.3 is 10.1 Å². The van der Waals surface area contributed by atoms with Crippen LogP contribution in [0.15, 0.2) is 29.6 Å². The first kappa shape index (κ1) is 16.9. The summed E-state index contributed by atoms with van der Waals surface area (Å²) in [6.07, 6.45) is 0.118. The van der Waals surface area contributed by atoms with E-state index in [2.05, 4.69) is 10.1 Å². The predicted molar refractivity (Wildman–Crippen MR) is 86.1 cm³/mol. The lowest BCUT2D eigenvalue weighted by Crippen LogP contribution is -2.17. The van der Waals surface area contributed by atoms with Gasteiger partial charge in [-0.25, -0.2) is 4.79 Å². The summed E-state index contributed by atoms with van der Waals surface area (Å²) >= 11 is 7.25. The van der Waals surface area contributed by atoms with Crippen LogP contribution in [0.3, 0.4) is 0 Å². The molecule has 23 heavy (non-hydrogen) atoms. The number of methoxy groups -OCH3 is 1. The van der Waals surface area contributed by atoms with E-state index < -0.39 is 16.6 Å². The van der Waals surface area contributed by atoms with Crippen molar-refractivity contribution in [1.29, 1.82) is 0 Å². The Kier molecular flexibility index (Phi) is 5.30. The Labute approximate surface area is 140 Å². The van der Waals surface area contributed by atoms with Crippen molar-refractivity contribution in [3.05, 3.63) is 55.2 Å². The summed E-state index contributed by atoms with van der Waals surface area (Å²) in [5, 5.41) is 15.1. The van der Waals surface area contributed by atoms with Crippen LogP contribution < -0.4 is 5.32 Å². The second kappa shape index (κ2) is 7.21. The molecule has 2 aromatic rings. The molecular weight excluding hydrogens is 344 g/mol. The van der Waals surface area contributed by atoms with E-state index >= 15 is 0 Å². The number of nitro benzene ring substituents is 1. The molecule has 1 aromatic heterocycles. The number of halogens is 1. The Balaban J connectivity index is 2.32. The molecule has 0 bridgehead atoms. The second-order valence-corrected chi connectivity index (χ2v) is 5.84. The van der Waals surface area contributed by atoms with Crippen molar-refractivity contribution in [3.8, 4) is 0 Å². The highest BCUT2D eigenvalue weighted by molar-refractivity contribution is 7.10. The van der Waals surface area contributed by atoms with E-state index in [0.717, 1.165) is 24.1 Å². The number of hydrogen-bond acceptors (Lipinski definition) is 6. The third-order valence-electron chi connectivity index (χ3n) is 2.88. The summed E-state index contributed by atoms with van der Waals surface area (Å²) in [4.78, 5) is 34.9. The fourth-order valence-corrected chi connectivity index (χ4v) is 2.79. The van der Waals surface area contributed by atoms with Crippen LogP contribution in [0.25, 0.3) is 0 Å². The van der Waals surface area contributed by atoms with Crippen molar-refractivity contribution >= 4 is 46.2 Å². The molecular formula is C14H11ClN2O5S. The van der Waals surface area contributed by atoms with Gasteiger partial charge in [0.15, 0.2) is 0 Å². The Hall–Kier alpha value is -2.45. The van der Waals surface area contributed by atoms with Crippen molar-refractivity contribution in [3.63, 3.8) is 0 Å². The van der Waals surface area contributed by atoms with E-state index in [9.17, 15) is 19.7 Å². The summed E-state index contributed by atoms with van der Waals surface area (Å²) in [7, 11) is 1.14. The van der Waals surface area contributed by atoms with E-state index in [1.54, 1.807) is 6.07 Å². The highest BCUT2D eigenvalue weighted by atomic mass is 35.5. The molecule has 1 N–H and O–H groups in total. The largest absolute Gasteiger partial charge is 0.465 e. The maximum Gasteiger partial charge on any atom is 0.340 e. The number of amides is 1. The monoisotopic (exact) mass is 354 g/mol. The predicted octanol–water partition coefficient (Wildman–Crippen LogP) is 3.28. The number of anilines is 1. The van der Waals surface area contributed by atoms with Gasteiger partial charge in [-0.2, -0.15) is 0 Å². The number of thiophene rings is 1. The minimum atomic E-state index is -0.809. The standard InChI is InChI=1S/C14H11ClN2O5S/c1-22-14(19)9-6-12(17(20)21)10(15)7-11(9)16-13(18)5-8-3-2-4-23-8/h2-4,6-7H,5H2,1H3,(H,16,18). The van der Waals surface area contributed by atoms with Crippen LogP contribution in [-0.2, 0) is 16.0 Å². The van der Waals surface area contributed by atoms with Gasteiger partial charge in [-0.05, 0) is 17.5 Å². The van der Waals surface area contributed by atoms with Crippen molar-refractivity contribution in [2.24, 2.45) is 0 Å². The van der Waals surface area contributed by atoms with Crippen molar-refractivity contribution in [2.75, 3.05) is 12.4 Å². The third kappa shape index (κ3) is 4.05. The zero-order chi connectivity index (χ0) is 17.0. The highest BCUT2D eigenvalue weighted by Crippen LogP contribution is 2.31. The third-order valence-corrected chi connectivity index (χ3v) is 4.06. The Bertz CT molecular complexity index is 761. The van der Waals surface area contributed by atoms with E-state index in [0.29, 0.717) is 0 Å². The van der Waals surface area contributed by atoms with Gasteiger partial charge in [0.1, 0.15) is 5.02 Å². The first-order chi connectivity index (χ1) is 10.9. The fourth-order valence-electron chi connectivity index (χ4n) is 1.85. The van der Waals surface area contributed by atoms with Crippen LogP contribution in [0, 0.1) is 10.1 Å². The number of carbonyl (C=O) groups is 2. The molecule has 2 rings (SSSR count). The molecule has 0 radical (unpaired) electrons. The quantitative estimate of drug-likeness (QED) is 0.504. The summed E-state index contributed by atoms with van der Waals surface area (Å²) in [5.74, 6) is -1.18. The number of hydrogen-bond donors (Lipinski definition) is 1. The van der Waals surface area contributed by atoms with E-state index in [1.807, 2.05) is 11.4 Å². The van der Waals surface area contributed by atoms with Crippen molar-refractivity contribution in [2.45, 2.75) is 6.42 Å². The lowest BCUT2D eigenvalue weighted by Gasteiger charge is -2.10. The molecule has 9 heteroatoms. The molecule has 1 heterocycles. The summed E-state index contributed by atoms with van der Waals surface area (Å²) < 4.78 is 4.59. The molecule has 0 saturated heterocycles. The molecule has 7 nitrogen and oxygen atoms in total. The molecule has 0 aliphatic rings. The molecule has 0 fully saturated rings. The zero-order valence-corrected chi connectivity index (χ0v) is 13.4. The lowest BCUT2D eigenvalue weighted by molar-refractivity contribution is -0.384. The second-order valence-electron chi connectivity index (χ2n) is 4.40. The van der Waals surface area contributed by atoms with Crippen molar-refractivity contribution < 1.29 is 19.2 Å². The molecule has 120 valence electrons. The molecule has 0 aliphatic heterocycles. The number of esters is 1. The SMILES string of the molecule is COC(=O)c1cc([N+](=O)[O-])c(Cl)cc1NC(=O)Cc1cccs1. The number of nitrogens with one attached hydrogen (secondary N) is 1. The van der Waals surface area contributed by atoms with Crippen molar-refractivity contribution in [1.82, 2.24) is 0 Å². The average molecular weight is 355 g/mol. The molecule has 1 aromatic carbocycles. The van der Waals surface area contributed by atoms with Crippen LogP contribution in [-0.4, -0.2) is 23.9 Å². The minimum Gasteiger partial charge on any atom is -0.465 e. The highest BCUT2D eigenvalue weighted by Gasteiger charge is 2.22. The zero-order valence-electron chi connectivity index (χ0n) is 11.9.